The molecule has 0 spiro atoms. The van der Waals surface area contributed by atoms with E-state index in [1.807, 2.05) is 0 Å². The van der Waals surface area contributed by atoms with Crippen molar-refractivity contribution in [2.24, 2.45) is 0 Å². The van der Waals surface area contributed by atoms with Crippen LogP contribution in [0, 0.1) is 24.3 Å². The van der Waals surface area contributed by atoms with Gasteiger partial charge in [-0.2, -0.15) is 0 Å². The van der Waals surface area contributed by atoms with Crippen LogP contribution < -0.4 is 0 Å². The third-order valence-corrected chi connectivity index (χ3v) is 4.53. The van der Waals surface area contributed by atoms with Crippen molar-refractivity contribution in [2.45, 2.75) is 33.6 Å². The lowest BCUT2D eigenvalue weighted by Crippen LogP contribution is -1.93. The largest absolute Gasteiger partial charge is 0.360 e. The average molecular weight is 390 g/mol. The molecule has 0 unspecified atom stereocenters. The molecule has 1 aromatic carbocycles. The van der Waals surface area contributed by atoms with Crippen LogP contribution in [0.2, 0.25) is 0 Å². The minimum absolute atomic E-state index is 0.648. The highest BCUT2D eigenvalue weighted by molar-refractivity contribution is 14.1. The normalized spacial score (nSPS) is 11.0. The summed E-state index contributed by atoms with van der Waals surface area (Å²) in [4.78, 5) is 0. The van der Waals surface area contributed by atoms with E-state index in [2.05, 4.69) is 60.7 Å². The molecule has 2 aromatic rings. The molecule has 2 nitrogen and oxygen atoms in total. The van der Waals surface area contributed by atoms with E-state index in [1.54, 1.807) is 0 Å². The van der Waals surface area contributed by atoms with Gasteiger partial charge in [0.25, 0.3) is 0 Å². The summed E-state index contributed by atoms with van der Waals surface area (Å²) in [5, 5.41) is 4.26. The Morgan fingerprint density at radius 1 is 1.21 bits per heavy atom. The van der Waals surface area contributed by atoms with Gasteiger partial charge in [-0.3, -0.25) is 0 Å². The maximum absolute atomic E-state index is 5.73. The van der Waals surface area contributed by atoms with Gasteiger partial charge in [0.2, 0.25) is 0 Å². The van der Waals surface area contributed by atoms with E-state index in [4.69, 9.17) is 16.1 Å². The summed E-state index contributed by atoms with van der Waals surface area (Å²) in [5.74, 6) is 1.59. The molecule has 102 valence electrons. The van der Waals surface area contributed by atoms with Gasteiger partial charge in [0.15, 0.2) is 5.76 Å². The summed E-state index contributed by atoms with van der Waals surface area (Å²) in [6, 6.07) is 4.37. The smallest absolute Gasteiger partial charge is 0.150 e. The molecule has 0 N–H and O–H groups in total. The Morgan fingerprint density at radius 3 is 2.42 bits per heavy atom. The highest BCUT2D eigenvalue weighted by Crippen LogP contribution is 2.33. The fourth-order valence-corrected chi connectivity index (χ4v) is 3.27. The molecule has 2 rings (SSSR count). The second-order valence-electron chi connectivity index (χ2n) is 4.83. The molecule has 0 fully saturated rings. The van der Waals surface area contributed by atoms with Crippen LogP contribution in [0.5, 0.6) is 0 Å². The molecule has 0 saturated carbocycles. The Hall–Kier alpha value is -0.550. The zero-order chi connectivity index (χ0) is 14.0. The van der Waals surface area contributed by atoms with Crippen LogP contribution in [0.25, 0.3) is 11.3 Å². The van der Waals surface area contributed by atoms with Crippen molar-refractivity contribution in [2.75, 3.05) is 5.88 Å². The van der Waals surface area contributed by atoms with Crippen LogP contribution in [-0.2, 0) is 6.42 Å². The van der Waals surface area contributed by atoms with Gasteiger partial charge >= 0.3 is 0 Å². The number of halogens is 2. The van der Waals surface area contributed by atoms with Crippen molar-refractivity contribution in [3.63, 3.8) is 0 Å². The lowest BCUT2D eigenvalue weighted by Gasteiger charge is -2.08. The molecule has 0 radical (unpaired) electrons. The minimum atomic E-state index is 0.648. The van der Waals surface area contributed by atoms with Gasteiger partial charge in [0, 0.05) is 17.9 Å². The Morgan fingerprint density at radius 2 is 1.84 bits per heavy atom. The van der Waals surface area contributed by atoms with Crippen LogP contribution in [0.1, 0.15) is 28.9 Å². The van der Waals surface area contributed by atoms with E-state index in [1.165, 1.54) is 22.3 Å². The number of hydrogen-bond acceptors (Lipinski definition) is 2. The summed E-state index contributed by atoms with van der Waals surface area (Å²) in [6.45, 7) is 6.36. The lowest BCUT2D eigenvalue weighted by atomic mass is 9.97. The van der Waals surface area contributed by atoms with Crippen molar-refractivity contribution in [3.05, 3.63) is 38.2 Å². The topological polar surface area (TPSA) is 26.0 Å². The van der Waals surface area contributed by atoms with Crippen molar-refractivity contribution in [1.82, 2.24) is 5.16 Å². The number of benzene rings is 1. The summed E-state index contributed by atoms with van der Waals surface area (Å²) >= 11 is 8.05. The summed E-state index contributed by atoms with van der Waals surface area (Å²) in [6.07, 6.45) is 1.76. The van der Waals surface area contributed by atoms with E-state index in [0.717, 1.165) is 27.9 Å². The Kier molecular flexibility index (Phi) is 4.90. The number of nitrogens with zero attached hydrogens (tertiary/aromatic N) is 1. The first-order chi connectivity index (χ1) is 9.04. The number of rotatable bonds is 4. The average Bonchev–Trinajstić information content (AvgIpc) is 2.68. The first kappa shape index (κ1) is 14.9. The van der Waals surface area contributed by atoms with Gasteiger partial charge in [-0.25, -0.2) is 0 Å². The van der Waals surface area contributed by atoms with E-state index in [9.17, 15) is 0 Å². The van der Waals surface area contributed by atoms with Crippen LogP contribution in [-0.4, -0.2) is 11.0 Å². The quantitative estimate of drug-likeness (QED) is 0.541. The first-order valence-electron chi connectivity index (χ1n) is 6.32. The Labute approximate surface area is 132 Å². The SMILES string of the molecule is Cc1cc(C)c(-c2noc(CCCCl)c2I)c(C)c1. The molecule has 0 saturated heterocycles. The lowest BCUT2D eigenvalue weighted by molar-refractivity contribution is 0.383. The zero-order valence-electron chi connectivity index (χ0n) is 11.4. The van der Waals surface area contributed by atoms with Crippen molar-refractivity contribution < 1.29 is 4.52 Å². The fourth-order valence-electron chi connectivity index (χ4n) is 2.40. The monoisotopic (exact) mass is 389 g/mol. The second-order valence-corrected chi connectivity index (χ2v) is 6.29. The van der Waals surface area contributed by atoms with Crippen molar-refractivity contribution >= 4 is 34.2 Å². The molecule has 4 heteroatoms. The number of aryl methyl sites for hydroxylation is 4. The summed E-state index contributed by atoms with van der Waals surface area (Å²) in [7, 11) is 0. The van der Waals surface area contributed by atoms with E-state index < -0.39 is 0 Å². The molecule has 0 amide bonds. The van der Waals surface area contributed by atoms with E-state index in [0.29, 0.717) is 5.88 Å². The number of hydrogen-bond donors (Lipinski definition) is 0. The first-order valence-corrected chi connectivity index (χ1v) is 7.94. The summed E-state index contributed by atoms with van der Waals surface area (Å²) < 4.78 is 6.59. The van der Waals surface area contributed by atoms with Crippen LogP contribution >= 0.6 is 34.2 Å². The third kappa shape index (κ3) is 3.14. The molecule has 1 aromatic heterocycles. The highest BCUT2D eigenvalue weighted by atomic mass is 127. The van der Waals surface area contributed by atoms with Crippen molar-refractivity contribution in [1.29, 1.82) is 0 Å². The molecule has 19 heavy (non-hydrogen) atoms. The highest BCUT2D eigenvalue weighted by Gasteiger charge is 2.18. The molecular formula is C15H17ClINO. The number of alkyl halides is 1. The zero-order valence-corrected chi connectivity index (χ0v) is 14.3. The maximum Gasteiger partial charge on any atom is 0.150 e. The fraction of sp³-hybridized carbons (Fsp3) is 0.400. The van der Waals surface area contributed by atoms with Crippen LogP contribution in [0.4, 0.5) is 0 Å². The van der Waals surface area contributed by atoms with Gasteiger partial charge < -0.3 is 4.52 Å². The summed E-state index contributed by atoms with van der Waals surface area (Å²) in [5.41, 5.74) is 5.91. The standard InChI is InChI=1S/C15H17ClINO/c1-9-7-10(2)13(11(3)8-9)15-14(17)12(19-18-15)5-4-6-16/h7-8H,4-6H2,1-3H3. The van der Waals surface area contributed by atoms with Gasteiger partial charge in [-0.15, -0.1) is 11.6 Å². The second kappa shape index (κ2) is 6.27. The van der Waals surface area contributed by atoms with Gasteiger partial charge in [0.05, 0.1) is 3.57 Å². The third-order valence-electron chi connectivity index (χ3n) is 3.15. The van der Waals surface area contributed by atoms with Gasteiger partial charge in [-0.1, -0.05) is 22.9 Å². The minimum Gasteiger partial charge on any atom is -0.360 e. The molecule has 0 aliphatic rings. The number of aromatic nitrogens is 1. The molecule has 0 aliphatic heterocycles. The molecule has 0 bridgehead atoms. The van der Waals surface area contributed by atoms with Gasteiger partial charge in [0.1, 0.15) is 5.69 Å². The van der Waals surface area contributed by atoms with Gasteiger partial charge in [-0.05, 0) is 60.9 Å². The Balaban J connectivity index is 2.45. The maximum atomic E-state index is 5.73. The van der Waals surface area contributed by atoms with Crippen molar-refractivity contribution in [3.8, 4) is 11.3 Å². The van der Waals surface area contributed by atoms with E-state index >= 15 is 0 Å². The molecule has 0 atom stereocenters. The molecular weight excluding hydrogens is 373 g/mol. The predicted molar refractivity (Wildman–Crippen MR) is 87.9 cm³/mol. The predicted octanol–water partition coefficient (Wildman–Crippen LogP) is 5.04. The van der Waals surface area contributed by atoms with Crippen LogP contribution in [0.15, 0.2) is 16.7 Å². The molecule has 1 heterocycles. The van der Waals surface area contributed by atoms with Crippen LogP contribution in [0.3, 0.4) is 0 Å². The molecule has 0 aliphatic carbocycles. The van der Waals surface area contributed by atoms with E-state index in [-0.39, 0.29) is 0 Å². The Bertz CT molecular complexity index is 569.